The van der Waals surface area contributed by atoms with Crippen LogP contribution in [-0.2, 0) is 10.0 Å². The van der Waals surface area contributed by atoms with Crippen LogP contribution in [0.4, 0.5) is 5.13 Å². The average molecular weight is 273 g/mol. The highest BCUT2D eigenvalue weighted by Gasteiger charge is 2.11. The van der Waals surface area contributed by atoms with Crippen LogP contribution in [-0.4, -0.2) is 25.7 Å². The molecule has 0 amide bonds. The van der Waals surface area contributed by atoms with Gasteiger partial charge in [0.05, 0.1) is 23.4 Å². The second kappa shape index (κ2) is 6.59. The van der Waals surface area contributed by atoms with Gasteiger partial charge in [-0.25, -0.2) is 13.4 Å². The predicted molar refractivity (Wildman–Crippen MR) is 70.4 cm³/mol. The molecule has 5 nitrogen and oxygen atoms in total. The third kappa shape index (κ3) is 5.17. The summed E-state index contributed by atoms with van der Waals surface area (Å²) < 4.78 is 25.6. The van der Waals surface area contributed by atoms with E-state index in [2.05, 4.69) is 21.5 Å². The Morgan fingerprint density at radius 1 is 1.59 bits per heavy atom. The second-order valence-electron chi connectivity index (χ2n) is 3.31. The molecular formula is C10H15N3O2S2. The van der Waals surface area contributed by atoms with E-state index in [9.17, 15) is 8.42 Å². The minimum absolute atomic E-state index is 0.118. The molecule has 1 aromatic heterocycles. The molecule has 0 unspecified atom stereocenters. The SMILES string of the molecule is CCCCS(=O)(=O)Nc1ncc(C#CCN)s1. The molecule has 0 atom stereocenters. The van der Waals surface area contributed by atoms with Crippen molar-refractivity contribution in [3.05, 3.63) is 11.1 Å². The van der Waals surface area contributed by atoms with E-state index in [0.717, 1.165) is 6.42 Å². The number of unbranched alkanes of at least 4 members (excludes halogenated alkanes) is 1. The summed E-state index contributed by atoms with van der Waals surface area (Å²) in [5.41, 5.74) is 5.24. The Bertz CT molecular complexity index is 511. The first-order chi connectivity index (χ1) is 8.07. The highest BCUT2D eigenvalue weighted by Crippen LogP contribution is 2.18. The summed E-state index contributed by atoms with van der Waals surface area (Å²) >= 11 is 1.20. The highest BCUT2D eigenvalue weighted by atomic mass is 32.2. The Balaban J connectivity index is 2.66. The van der Waals surface area contributed by atoms with Crippen LogP contribution >= 0.6 is 11.3 Å². The van der Waals surface area contributed by atoms with Crippen molar-refractivity contribution >= 4 is 26.5 Å². The number of thiazole rings is 1. The molecule has 1 heterocycles. The van der Waals surface area contributed by atoms with Crippen molar-refractivity contribution < 1.29 is 8.42 Å². The molecule has 3 N–H and O–H groups in total. The Hall–Kier alpha value is -1.10. The zero-order chi connectivity index (χ0) is 12.7. The molecule has 0 spiro atoms. The Morgan fingerprint density at radius 2 is 2.35 bits per heavy atom. The topological polar surface area (TPSA) is 85.1 Å². The van der Waals surface area contributed by atoms with Gasteiger partial charge in [0.15, 0.2) is 5.13 Å². The molecule has 0 aromatic carbocycles. The molecule has 0 aliphatic rings. The number of anilines is 1. The first kappa shape index (κ1) is 14.0. The average Bonchev–Trinajstić information content (AvgIpc) is 2.70. The largest absolute Gasteiger partial charge is 0.320 e. The van der Waals surface area contributed by atoms with Gasteiger partial charge in [0.2, 0.25) is 10.0 Å². The Kier molecular flexibility index (Phi) is 5.41. The molecule has 7 heteroatoms. The van der Waals surface area contributed by atoms with Crippen molar-refractivity contribution in [2.24, 2.45) is 5.73 Å². The summed E-state index contributed by atoms with van der Waals surface area (Å²) in [7, 11) is -3.28. The fraction of sp³-hybridized carbons (Fsp3) is 0.500. The Labute approximate surface area is 105 Å². The number of nitrogens with one attached hydrogen (secondary N) is 1. The lowest BCUT2D eigenvalue weighted by Gasteiger charge is -2.02. The van der Waals surface area contributed by atoms with Gasteiger partial charge < -0.3 is 5.73 Å². The van der Waals surface area contributed by atoms with E-state index >= 15 is 0 Å². The monoisotopic (exact) mass is 273 g/mol. The van der Waals surface area contributed by atoms with Gasteiger partial charge in [0, 0.05) is 0 Å². The van der Waals surface area contributed by atoms with Crippen LogP contribution in [0.5, 0.6) is 0 Å². The second-order valence-corrected chi connectivity index (χ2v) is 6.18. The van der Waals surface area contributed by atoms with Gasteiger partial charge in [-0.15, -0.1) is 0 Å². The number of nitrogens with two attached hydrogens (primary N) is 1. The number of hydrogen-bond acceptors (Lipinski definition) is 5. The highest BCUT2D eigenvalue weighted by molar-refractivity contribution is 7.92. The van der Waals surface area contributed by atoms with Crippen molar-refractivity contribution in [3.63, 3.8) is 0 Å². The first-order valence-corrected chi connectivity index (χ1v) is 7.69. The van der Waals surface area contributed by atoms with Crippen LogP contribution in [0.1, 0.15) is 24.6 Å². The van der Waals surface area contributed by atoms with E-state index < -0.39 is 10.0 Å². The van der Waals surface area contributed by atoms with Gasteiger partial charge in [-0.3, -0.25) is 4.72 Å². The lowest BCUT2D eigenvalue weighted by Crippen LogP contribution is -2.16. The summed E-state index contributed by atoms with van der Waals surface area (Å²) in [6.45, 7) is 2.22. The van der Waals surface area contributed by atoms with Gasteiger partial charge in [-0.1, -0.05) is 36.5 Å². The minimum Gasteiger partial charge on any atom is -0.320 e. The molecule has 0 aliphatic heterocycles. The summed E-state index contributed by atoms with van der Waals surface area (Å²) in [6.07, 6.45) is 3.01. The lowest BCUT2D eigenvalue weighted by molar-refractivity contribution is 0.598. The van der Waals surface area contributed by atoms with Crippen LogP contribution in [0.15, 0.2) is 6.20 Å². The third-order valence-corrected chi connectivity index (χ3v) is 4.12. The normalized spacial score (nSPS) is 10.7. The molecule has 1 rings (SSSR count). The molecule has 1 aromatic rings. The zero-order valence-electron chi connectivity index (χ0n) is 9.56. The van der Waals surface area contributed by atoms with Crippen LogP contribution in [0.2, 0.25) is 0 Å². The lowest BCUT2D eigenvalue weighted by atomic mass is 10.4. The third-order valence-electron chi connectivity index (χ3n) is 1.83. The fourth-order valence-electron chi connectivity index (χ4n) is 1.04. The van der Waals surface area contributed by atoms with Crippen molar-refractivity contribution in [3.8, 4) is 11.8 Å². The van der Waals surface area contributed by atoms with Crippen LogP contribution in [0.25, 0.3) is 0 Å². The van der Waals surface area contributed by atoms with Gasteiger partial charge in [-0.05, 0) is 6.42 Å². The number of sulfonamides is 1. The number of nitrogens with zero attached hydrogens (tertiary/aromatic N) is 1. The van der Waals surface area contributed by atoms with Crippen molar-refractivity contribution in [2.75, 3.05) is 17.0 Å². The molecule has 0 fully saturated rings. The van der Waals surface area contributed by atoms with Crippen LogP contribution in [0.3, 0.4) is 0 Å². The first-order valence-electron chi connectivity index (χ1n) is 5.22. The summed E-state index contributed by atoms with van der Waals surface area (Å²) in [5.74, 6) is 5.60. The van der Waals surface area contributed by atoms with Crippen molar-refractivity contribution in [1.82, 2.24) is 4.98 Å². The predicted octanol–water partition coefficient (Wildman–Crippen LogP) is 0.995. The summed E-state index contributed by atoms with van der Waals surface area (Å²) in [5, 5.41) is 0.349. The van der Waals surface area contributed by atoms with Crippen LogP contribution < -0.4 is 10.5 Å². The number of rotatable bonds is 5. The summed E-state index contributed by atoms with van der Waals surface area (Å²) in [4.78, 5) is 4.65. The van der Waals surface area contributed by atoms with Gasteiger partial charge in [-0.2, -0.15) is 0 Å². The summed E-state index contributed by atoms with van der Waals surface area (Å²) in [6, 6.07) is 0. The van der Waals surface area contributed by atoms with Crippen LogP contribution in [0, 0.1) is 11.8 Å². The maximum atomic E-state index is 11.6. The molecule has 0 aliphatic carbocycles. The quantitative estimate of drug-likeness (QED) is 0.784. The number of hydrogen-bond donors (Lipinski definition) is 2. The van der Waals surface area contributed by atoms with E-state index in [-0.39, 0.29) is 12.3 Å². The molecule has 0 saturated heterocycles. The standard InChI is InChI=1S/C10H15N3O2S2/c1-2-3-7-17(14,15)13-10-12-8-9(16-10)5-4-6-11/h8H,2-3,6-7,11H2,1H3,(H,12,13). The van der Waals surface area contributed by atoms with Gasteiger partial charge in [0.25, 0.3) is 0 Å². The zero-order valence-corrected chi connectivity index (χ0v) is 11.2. The molecule has 0 bridgehead atoms. The molecule has 0 radical (unpaired) electrons. The molecular weight excluding hydrogens is 258 g/mol. The van der Waals surface area contributed by atoms with Crippen molar-refractivity contribution in [1.29, 1.82) is 0 Å². The molecule has 94 valence electrons. The smallest absolute Gasteiger partial charge is 0.234 e. The van der Waals surface area contributed by atoms with E-state index in [0.29, 0.717) is 16.4 Å². The van der Waals surface area contributed by atoms with E-state index in [4.69, 9.17) is 5.73 Å². The van der Waals surface area contributed by atoms with E-state index in [1.807, 2.05) is 6.92 Å². The van der Waals surface area contributed by atoms with E-state index in [1.54, 1.807) is 0 Å². The molecule has 0 saturated carbocycles. The molecule has 17 heavy (non-hydrogen) atoms. The minimum atomic E-state index is -3.28. The van der Waals surface area contributed by atoms with Gasteiger partial charge in [0.1, 0.15) is 0 Å². The fourth-order valence-corrected chi connectivity index (χ4v) is 3.22. The van der Waals surface area contributed by atoms with Crippen molar-refractivity contribution in [2.45, 2.75) is 19.8 Å². The number of aromatic nitrogens is 1. The maximum absolute atomic E-state index is 11.6. The van der Waals surface area contributed by atoms with E-state index in [1.165, 1.54) is 17.5 Å². The van der Waals surface area contributed by atoms with Gasteiger partial charge >= 0.3 is 0 Å². The Morgan fingerprint density at radius 3 is 3.00 bits per heavy atom. The maximum Gasteiger partial charge on any atom is 0.234 e.